The molecule has 0 fully saturated rings. The van der Waals surface area contributed by atoms with Crippen molar-refractivity contribution >= 4 is 0 Å². The Hall–Kier alpha value is -1.14. The van der Waals surface area contributed by atoms with Crippen LogP contribution in [0.2, 0.25) is 0 Å². The summed E-state index contributed by atoms with van der Waals surface area (Å²) in [4.78, 5) is 0. The fourth-order valence-corrected chi connectivity index (χ4v) is 0.693. The van der Waals surface area contributed by atoms with Crippen molar-refractivity contribution in [3.8, 4) is 0 Å². The Balaban J connectivity index is 4.45. The van der Waals surface area contributed by atoms with E-state index in [1.165, 1.54) is 6.92 Å². The van der Waals surface area contributed by atoms with Gasteiger partial charge >= 0.3 is 0 Å². The van der Waals surface area contributed by atoms with Gasteiger partial charge in [0, 0.05) is 0 Å². The zero-order valence-electron chi connectivity index (χ0n) is 7.16. The number of allylic oxidation sites excluding steroid dienone is 4. The quantitative estimate of drug-likeness (QED) is 0.341. The van der Waals surface area contributed by atoms with Crippen LogP contribution in [0.1, 0.15) is 19.8 Å². The lowest BCUT2D eigenvalue weighted by atomic mass is 10.1. The van der Waals surface area contributed by atoms with E-state index in [9.17, 15) is 8.78 Å². The van der Waals surface area contributed by atoms with Gasteiger partial charge in [-0.25, -0.2) is 4.39 Å². The van der Waals surface area contributed by atoms with Crippen LogP contribution in [0.3, 0.4) is 0 Å². The highest BCUT2D eigenvalue weighted by Crippen LogP contribution is 2.19. The van der Waals surface area contributed by atoms with Gasteiger partial charge in [0.15, 0.2) is 11.7 Å². The second kappa shape index (κ2) is 5.50. The summed E-state index contributed by atoms with van der Waals surface area (Å²) >= 11 is 0. The van der Waals surface area contributed by atoms with E-state index in [1.807, 2.05) is 5.73 Å². The maximum Gasteiger partial charge on any atom is 0.200 e. The first-order valence-corrected chi connectivity index (χ1v) is 3.65. The molecule has 0 amide bonds. The molecule has 66 valence electrons. The van der Waals surface area contributed by atoms with Gasteiger partial charge in [-0.15, -0.1) is 6.58 Å². The van der Waals surface area contributed by atoms with Crippen LogP contribution in [-0.2, 0) is 0 Å². The average Bonchev–Trinajstić information content (AvgIpc) is 2.11. The van der Waals surface area contributed by atoms with Gasteiger partial charge < -0.3 is 0 Å². The van der Waals surface area contributed by atoms with Crippen LogP contribution >= 0.6 is 0 Å². The van der Waals surface area contributed by atoms with E-state index in [1.54, 1.807) is 6.08 Å². The van der Waals surface area contributed by atoms with Crippen LogP contribution < -0.4 is 0 Å². The molecule has 0 aromatic rings. The molecule has 0 aromatic heterocycles. The minimum Gasteiger partial charge on any atom is -0.203 e. The Morgan fingerprint density at radius 2 is 2.08 bits per heavy atom. The Morgan fingerprint density at radius 1 is 1.50 bits per heavy atom. The molecule has 0 bridgehead atoms. The third-order valence-electron chi connectivity index (χ3n) is 1.45. The molecular formula is C10H12F2. The van der Waals surface area contributed by atoms with Crippen molar-refractivity contribution in [1.82, 2.24) is 0 Å². The van der Waals surface area contributed by atoms with Crippen LogP contribution in [-0.4, -0.2) is 0 Å². The fraction of sp³-hybridized carbons (Fsp3) is 0.300. The zero-order chi connectivity index (χ0) is 9.56. The molecule has 0 aliphatic carbocycles. The van der Waals surface area contributed by atoms with Crippen molar-refractivity contribution in [2.45, 2.75) is 19.8 Å². The summed E-state index contributed by atoms with van der Waals surface area (Å²) < 4.78 is 25.3. The molecule has 0 saturated carbocycles. The summed E-state index contributed by atoms with van der Waals surface area (Å²) in [6.07, 6.45) is 2.78. The first-order valence-electron chi connectivity index (χ1n) is 3.65. The van der Waals surface area contributed by atoms with Crippen LogP contribution in [0.4, 0.5) is 8.78 Å². The molecule has 12 heavy (non-hydrogen) atoms. The number of hydrogen-bond donors (Lipinski definition) is 0. The molecule has 0 unspecified atom stereocenters. The standard InChI is InChI=1S/C10H12F2/c1-4-6-7-8(3)10(12)9(11)5-2/h4H,1-2,6-7H2,3H3. The zero-order valence-corrected chi connectivity index (χ0v) is 7.16. The second-order valence-corrected chi connectivity index (χ2v) is 2.41. The molecule has 0 atom stereocenters. The lowest BCUT2D eigenvalue weighted by Gasteiger charge is -1.98. The Morgan fingerprint density at radius 3 is 2.50 bits per heavy atom. The fourth-order valence-electron chi connectivity index (χ4n) is 0.693. The maximum atomic E-state index is 12.8. The van der Waals surface area contributed by atoms with Crippen LogP contribution in [0.25, 0.3) is 0 Å². The van der Waals surface area contributed by atoms with Gasteiger partial charge in [0.05, 0.1) is 0 Å². The molecular weight excluding hydrogens is 158 g/mol. The largest absolute Gasteiger partial charge is 0.203 e. The first-order chi connectivity index (χ1) is 5.63. The van der Waals surface area contributed by atoms with Gasteiger partial charge in [0.25, 0.3) is 0 Å². The summed E-state index contributed by atoms with van der Waals surface area (Å²) in [6, 6.07) is 0. The smallest absolute Gasteiger partial charge is 0.200 e. The SMILES string of the molecule is C=C=C(F)C(F)=C(C)CCC=C. The number of hydrogen-bond acceptors (Lipinski definition) is 0. The average molecular weight is 170 g/mol. The minimum absolute atomic E-state index is 0.364. The Kier molecular flexibility index (Phi) is 4.98. The van der Waals surface area contributed by atoms with E-state index in [2.05, 4.69) is 13.2 Å². The summed E-state index contributed by atoms with van der Waals surface area (Å²) in [6.45, 7) is 8.03. The highest BCUT2D eigenvalue weighted by atomic mass is 19.2. The van der Waals surface area contributed by atoms with Crippen LogP contribution in [0.15, 0.2) is 42.2 Å². The molecule has 0 aliphatic rings. The second-order valence-electron chi connectivity index (χ2n) is 2.41. The third kappa shape index (κ3) is 3.31. The summed E-state index contributed by atoms with van der Waals surface area (Å²) in [5.41, 5.74) is 2.23. The van der Waals surface area contributed by atoms with E-state index in [0.717, 1.165) is 0 Å². The molecule has 0 spiro atoms. The molecule has 0 N–H and O–H groups in total. The van der Waals surface area contributed by atoms with E-state index in [-0.39, 0.29) is 0 Å². The van der Waals surface area contributed by atoms with Crippen molar-refractivity contribution in [1.29, 1.82) is 0 Å². The van der Waals surface area contributed by atoms with Crippen molar-refractivity contribution in [3.05, 3.63) is 42.2 Å². The van der Waals surface area contributed by atoms with Gasteiger partial charge in [-0.2, -0.15) is 4.39 Å². The lowest BCUT2D eigenvalue weighted by molar-refractivity contribution is 0.535. The Bertz CT molecular complexity index is 243. The summed E-state index contributed by atoms with van der Waals surface area (Å²) in [5.74, 6) is -1.87. The van der Waals surface area contributed by atoms with E-state index in [0.29, 0.717) is 18.4 Å². The van der Waals surface area contributed by atoms with Gasteiger partial charge in [-0.05, 0) is 25.3 Å². The first kappa shape index (κ1) is 10.9. The van der Waals surface area contributed by atoms with Crippen molar-refractivity contribution < 1.29 is 8.78 Å². The highest BCUT2D eigenvalue weighted by Gasteiger charge is 2.05. The minimum atomic E-state index is -1.02. The highest BCUT2D eigenvalue weighted by molar-refractivity contribution is 5.22. The molecule has 0 nitrogen and oxygen atoms in total. The van der Waals surface area contributed by atoms with Gasteiger partial charge in [0.2, 0.25) is 0 Å². The molecule has 0 radical (unpaired) electrons. The molecule has 0 rings (SSSR count). The number of halogens is 2. The molecule has 0 aliphatic heterocycles. The lowest BCUT2D eigenvalue weighted by Crippen LogP contribution is -1.83. The van der Waals surface area contributed by atoms with Crippen LogP contribution in [0.5, 0.6) is 0 Å². The predicted molar refractivity (Wildman–Crippen MR) is 47.0 cm³/mol. The van der Waals surface area contributed by atoms with E-state index in [4.69, 9.17) is 0 Å². The van der Waals surface area contributed by atoms with Crippen molar-refractivity contribution in [2.24, 2.45) is 0 Å². The molecule has 2 heteroatoms. The summed E-state index contributed by atoms with van der Waals surface area (Å²) in [5, 5.41) is 0. The molecule has 0 heterocycles. The van der Waals surface area contributed by atoms with Gasteiger partial charge in [-0.1, -0.05) is 18.4 Å². The number of rotatable bonds is 4. The van der Waals surface area contributed by atoms with Crippen LogP contribution in [0, 0.1) is 0 Å². The van der Waals surface area contributed by atoms with Crippen molar-refractivity contribution in [3.63, 3.8) is 0 Å². The Labute approximate surface area is 71.6 Å². The predicted octanol–water partition coefficient (Wildman–Crippen LogP) is 3.83. The van der Waals surface area contributed by atoms with Gasteiger partial charge in [0.1, 0.15) is 0 Å². The normalized spacial score (nSPS) is 11.6. The molecule has 0 saturated heterocycles. The topological polar surface area (TPSA) is 0 Å². The summed E-state index contributed by atoms with van der Waals surface area (Å²) in [7, 11) is 0. The third-order valence-corrected chi connectivity index (χ3v) is 1.45. The van der Waals surface area contributed by atoms with E-state index < -0.39 is 11.7 Å². The molecule has 0 aromatic carbocycles. The monoisotopic (exact) mass is 170 g/mol. The maximum absolute atomic E-state index is 12.8. The van der Waals surface area contributed by atoms with Crippen molar-refractivity contribution in [2.75, 3.05) is 0 Å². The van der Waals surface area contributed by atoms with E-state index >= 15 is 0 Å². The van der Waals surface area contributed by atoms with Gasteiger partial charge in [-0.3, -0.25) is 0 Å².